The molecule has 0 aliphatic rings. The number of hydrogen-bond acceptors (Lipinski definition) is 3. The van der Waals surface area contributed by atoms with E-state index in [1.54, 1.807) is 0 Å². The highest BCUT2D eigenvalue weighted by Crippen LogP contribution is 2.10. The molecule has 0 aromatic carbocycles. The molecule has 0 rings (SSSR count). The Labute approximate surface area is 124 Å². The molecule has 0 aliphatic heterocycles. The molecule has 118 valence electrons. The summed E-state index contributed by atoms with van der Waals surface area (Å²) in [5.74, 6) is 2.00. The van der Waals surface area contributed by atoms with Crippen molar-refractivity contribution in [2.45, 2.75) is 54.0 Å². The van der Waals surface area contributed by atoms with Crippen LogP contribution in [-0.2, 0) is 0 Å². The van der Waals surface area contributed by atoms with Crippen LogP contribution in [0.3, 0.4) is 0 Å². The van der Waals surface area contributed by atoms with E-state index in [0.29, 0.717) is 6.04 Å². The van der Waals surface area contributed by atoms with Crippen molar-refractivity contribution in [3.63, 3.8) is 0 Å². The molecule has 0 heterocycles. The normalized spacial score (nSPS) is 11.6. The maximum Gasteiger partial charge on any atom is 0.0483 e. The third-order valence-corrected chi connectivity index (χ3v) is 3.35. The van der Waals surface area contributed by atoms with Crippen molar-refractivity contribution in [3.05, 3.63) is 12.4 Å². The van der Waals surface area contributed by atoms with Crippen LogP contribution in [0.4, 0.5) is 0 Å². The summed E-state index contributed by atoms with van der Waals surface area (Å²) in [7, 11) is 0.859. The van der Waals surface area contributed by atoms with Crippen LogP contribution in [-0.4, -0.2) is 43.4 Å². The maximum atomic E-state index is 5.56. The molecule has 0 aliphatic carbocycles. The Morgan fingerprint density at radius 3 is 2.26 bits per heavy atom. The Morgan fingerprint density at radius 2 is 1.84 bits per heavy atom. The van der Waals surface area contributed by atoms with Gasteiger partial charge in [0.05, 0.1) is 0 Å². The summed E-state index contributed by atoms with van der Waals surface area (Å²) >= 11 is 0. The Hall–Kier alpha value is 0.0500. The molecule has 0 radical (unpaired) electrons. The third-order valence-electron chi connectivity index (χ3n) is 2.22. The van der Waals surface area contributed by atoms with Crippen LogP contribution >= 0.6 is 8.58 Å². The molecule has 19 heavy (non-hydrogen) atoms. The monoisotopic (exact) mass is 291 g/mol. The molecule has 0 saturated carbocycles. The van der Waals surface area contributed by atoms with E-state index in [1.807, 2.05) is 33.5 Å². The van der Waals surface area contributed by atoms with Gasteiger partial charge in [0.25, 0.3) is 0 Å². The van der Waals surface area contributed by atoms with Gasteiger partial charge < -0.3 is 11.1 Å². The van der Waals surface area contributed by atoms with E-state index in [1.165, 1.54) is 12.6 Å². The fraction of sp³-hybridized carbons (Fsp3) is 0.867. The molecular weight excluding hydrogens is 253 g/mol. The van der Waals surface area contributed by atoms with Gasteiger partial charge in [0.2, 0.25) is 0 Å². The van der Waals surface area contributed by atoms with E-state index in [9.17, 15) is 0 Å². The van der Waals surface area contributed by atoms with Crippen molar-refractivity contribution in [1.29, 1.82) is 0 Å². The van der Waals surface area contributed by atoms with E-state index in [-0.39, 0.29) is 0 Å². The SMILES string of the molecule is C=CPCC(C)NCN(CCC)CCN.CC.CC. The molecule has 3 nitrogen and oxygen atoms in total. The third kappa shape index (κ3) is 20.5. The van der Waals surface area contributed by atoms with Crippen molar-refractivity contribution in [2.24, 2.45) is 5.73 Å². The summed E-state index contributed by atoms with van der Waals surface area (Å²) in [6.07, 6.45) is 2.37. The molecule has 0 fully saturated rings. The summed E-state index contributed by atoms with van der Waals surface area (Å²) in [5.41, 5.74) is 5.56. The average Bonchev–Trinajstić information content (AvgIpc) is 2.47. The molecule has 4 heteroatoms. The lowest BCUT2D eigenvalue weighted by molar-refractivity contribution is 0.251. The van der Waals surface area contributed by atoms with Gasteiger partial charge in [-0.25, -0.2) is 0 Å². The first kappa shape index (κ1) is 24.1. The van der Waals surface area contributed by atoms with Crippen LogP contribution in [0.1, 0.15) is 48.0 Å². The molecular formula is C15H38N3P. The second kappa shape index (κ2) is 23.2. The minimum atomic E-state index is 0.568. The van der Waals surface area contributed by atoms with Crippen molar-refractivity contribution in [2.75, 3.05) is 32.5 Å². The molecule has 2 atom stereocenters. The van der Waals surface area contributed by atoms with Crippen molar-refractivity contribution in [3.8, 4) is 0 Å². The molecule has 0 amide bonds. The zero-order valence-electron chi connectivity index (χ0n) is 14.1. The summed E-state index contributed by atoms with van der Waals surface area (Å²) < 4.78 is 0. The molecule has 0 bridgehead atoms. The number of nitrogens with two attached hydrogens (primary N) is 1. The van der Waals surface area contributed by atoms with Gasteiger partial charge in [-0.05, 0) is 26.1 Å². The first-order valence-electron chi connectivity index (χ1n) is 7.74. The van der Waals surface area contributed by atoms with E-state index in [2.05, 4.69) is 30.6 Å². The lowest BCUT2D eigenvalue weighted by Crippen LogP contribution is -2.42. The minimum absolute atomic E-state index is 0.568. The maximum absolute atomic E-state index is 5.56. The standard InChI is InChI=1S/C11H26N3P.2C2H6/c1-4-7-14(8-6-12)10-13-11(3)9-15-5-2;2*1-2/h5,11,13,15H,2,4,6-10,12H2,1,3H3;2*1-2H3. The molecule has 0 spiro atoms. The predicted octanol–water partition coefficient (Wildman–Crippen LogP) is 3.47. The predicted molar refractivity (Wildman–Crippen MR) is 94.5 cm³/mol. The second-order valence-corrected chi connectivity index (χ2v) is 5.01. The number of hydrogen-bond donors (Lipinski definition) is 2. The van der Waals surface area contributed by atoms with Gasteiger partial charge in [-0.2, -0.15) is 0 Å². The van der Waals surface area contributed by atoms with Gasteiger partial charge in [0.15, 0.2) is 0 Å². The summed E-state index contributed by atoms with van der Waals surface area (Å²) in [6, 6.07) is 0.568. The van der Waals surface area contributed by atoms with Crippen molar-refractivity contribution in [1.82, 2.24) is 10.2 Å². The lowest BCUT2D eigenvalue weighted by Gasteiger charge is -2.23. The quantitative estimate of drug-likeness (QED) is 0.478. The summed E-state index contributed by atoms with van der Waals surface area (Å²) in [5, 5.41) is 3.52. The van der Waals surface area contributed by atoms with Gasteiger partial charge in [-0.15, -0.1) is 0 Å². The molecule has 0 aromatic rings. The molecule has 0 saturated heterocycles. The van der Waals surface area contributed by atoms with E-state index < -0.39 is 0 Å². The van der Waals surface area contributed by atoms with Gasteiger partial charge in [0.1, 0.15) is 0 Å². The second-order valence-electron chi connectivity index (χ2n) is 3.78. The highest BCUT2D eigenvalue weighted by molar-refractivity contribution is 7.41. The zero-order chi connectivity index (χ0) is 15.5. The van der Waals surface area contributed by atoms with E-state index in [0.717, 1.165) is 34.9 Å². The van der Waals surface area contributed by atoms with Crippen LogP contribution in [0.5, 0.6) is 0 Å². The zero-order valence-corrected chi connectivity index (χ0v) is 15.1. The number of rotatable bonds is 10. The van der Waals surface area contributed by atoms with Gasteiger partial charge in [0, 0.05) is 25.8 Å². The van der Waals surface area contributed by atoms with Gasteiger partial charge in [-0.3, -0.25) is 4.90 Å². The van der Waals surface area contributed by atoms with Crippen LogP contribution in [0.2, 0.25) is 0 Å². The Bertz CT molecular complexity index is 148. The number of nitrogens with zero attached hydrogens (tertiary/aromatic N) is 1. The fourth-order valence-electron chi connectivity index (χ4n) is 1.39. The smallest absolute Gasteiger partial charge is 0.0483 e. The van der Waals surface area contributed by atoms with Crippen LogP contribution in [0, 0.1) is 0 Å². The number of nitrogens with one attached hydrogen (secondary N) is 1. The summed E-state index contributed by atoms with van der Waals surface area (Å²) in [6.45, 7) is 20.0. The fourth-order valence-corrected chi connectivity index (χ4v) is 2.05. The van der Waals surface area contributed by atoms with Gasteiger partial charge >= 0.3 is 0 Å². The Morgan fingerprint density at radius 1 is 1.26 bits per heavy atom. The first-order valence-corrected chi connectivity index (χ1v) is 9.03. The highest BCUT2D eigenvalue weighted by Gasteiger charge is 2.04. The van der Waals surface area contributed by atoms with E-state index >= 15 is 0 Å². The average molecular weight is 291 g/mol. The van der Waals surface area contributed by atoms with Crippen LogP contribution < -0.4 is 11.1 Å². The lowest BCUT2D eigenvalue weighted by atomic mass is 10.4. The topological polar surface area (TPSA) is 41.3 Å². The summed E-state index contributed by atoms with van der Waals surface area (Å²) in [4.78, 5) is 2.37. The molecule has 0 aromatic heterocycles. The largest absolute Gasteiger partial charge is 0.329 e. The van der Waals surface area contributed by atoms with E-state index in [4.69, 9.17) is 5.73 Å². The van der Waals surface area contributed by atoms with Gasteiger partial charge in [-0.1, -0.05) is 55.6 Å². The Kier molecular flexibility index (Phi) is 29.4. The van der Waals surface area contributed by atoms with Crippen LogP contribution in [0.15, 0.2) is 12.4 Å². The Balaban J connectivity index is -0.000000579. The van der Waals surface area contributed by atoms with Crippen molar-refractivity contribution < 1.29 is 0 Å². The molecule has 3 N–H and O–H groups in total. The highest BCUT2D eigenvalue weighted by atomic mass is 31.1. The molecule has 2 unspecified atom stereocenters. The first-order chi connectivity index (χ1) is 9.24. The van der Waals surface area contributed by atoms with Crippen molar-refractivity contribution >= 4 is 8.58 Å². The van der Waals surface area contributed by atoms with Crippen LogP contribution in [0.25, 0.3) is 0 Å². The minimum Gasteiger partial charge on any atom is -0.329 e.